The van der Waals surface area contributed by atoms with E-state index in [2.05, 4.69) is 14.8 Å². The summed E-state index contributed by atoms with van der Waals surface area (Å²) in [5.41, 5.74) is 0.118. The highest BCUT2D eigenvalue weighted by molar-refractivity contribution is 5.86. The van der Waals surface area contributed by atoms with E-state index >= 15 is 0 Å². The lowest BCUT2D eigenvalue weighted by Gasteiger charge is -2.09. The second-order valence-electron chi connectivity index (χ2n) is 4.60. The summed E-state index contributed by atoms with van der Waals surface area (Å²) < 4.78 is 21.4. The molecule has 0 spiro atoms. The zero-order valence-electron chi connectivity index (χ0n) is 13.5. The predicted molar refractivity (Wildman–Crippen MR) is 82.6 cm³/mol. The molecule has 0 fully saturated rings. The lowest BCUT2D eigenvalue weighted by Crippen LogP contribution is -2.10. The van der Waals surface area contributed by atoms with Gasteiger partial charge in [-0.1, -0.05) is 0 Å². The Kier molecular flexibility index (Phi) is 6.52. The van der Waals surface area contributed by atoms with Crippen LogP contribution in [0.2, 0.25) is 0 Å². The van der Waals surface area contributed by atoms with Crippen LogP contribution in [0.3, 0.4) is 0 Å². The summed E-state index contributed by atoms with van der Waals surface area (Å²) >= 11 is 0. The molecule has 2 aromatic rings. The SMILES string of the molecule is COCCOCCOc1cnc(-n2ccc(C(=O)OC)n2)c(O)c1. The number of carbonyl (C=O) groups excluding carboxylic acids is 1. The first-order valence-corrected chi connectivity index (χ1v) is 7.18. The quantitative estimate of drug-likeness (QED) is 0.529. The molecule has 9 nitrogen and oxygen atoms in total. The van der Waals surface area contributed by atoms with Crippen molar-refractivity contribution in [3.05, 3.63) is 30.2 Å². The van der Waals surface area contributed by atoms with Gasteiger partial charge in [0.25, 0.3) is 0 Å². The molecule has 0 radical (unpaired) electrons. The van der Waals surface area contributed by atoms with Crippen molar-refractivity contribution >= 4 is 5.97 Å². The third kappa shape index (κ3) is 4.67. The molecule has 0 bridgehead atoms. The van der Waals surface area contributed by atoms with Crippen LogP contribution in [-0.2, 0) is 14.2 Å². The molecule has 24 heavy (non-hydrogen) atoms. The minimum Gasteiger partial charge on any atom is -0.504 e. The van der Waals surface area contributed by atoms with Gasteiger partial charge in [0, 0.05) is 19.4 Å². The number of rotatable bonds is 9. The van der Waals surface area contributed by atoms with Gasteiger partial charge in [-0.15, -0.1) is 0 Å². The Morgan fingerprint density at radius 3 is 2.75 bits per heavy atom. The Bertz CT molecular complexity index is 673. The summed E-state index contributed by atoms with van der Waals surface area (Å²) in [6, 6.07) is 2.88. The molecule has 2 aromatic heterocycles. The standard InChI is InChI=1S/C15H19N3O6/c1-21-5-6-23-7-8-24-11-9-13(19)14(16-10-11)18-4-3-12(17-18)15(20)22-2/h3-4,9-10,19H,5-8H2,1-2H3. The van der Waals surface area contributed by atoms with Crippen LogP contribution in [0.1, 0.15) is 10.5 Å². The maximum atomic E-state index is 11.4. The number of nitrogens with zero attached hydrogens (tertiary/aromatic N) is 3. The van der Waals surface area contributed by atoms with Gasteiger partial charge in [-0.3, -0.25) is 0 Å². The Labute approximate surface area is 138 Å². The molecular weight excluding hydrogens is 318 g/mol. The smallest absolute Gasteiger partial charge is 0.358 e. The first-order chi connectivity index (χ1) is 11.7. The Morgan fingerprint density at radius 2 is 2.04 bits per heavy atom. The van der Waals surface area contributed by atoms with E-state index in [9.17, 15) is 9.90 Å². The molecular formula is C15H19N3O6. The van der Waals surface area contributed by atoms with Gasteiger partial charge >= 0.3 is 5.97 Å². The number of aromatic hydroxyl groups is 1. The first kappa shape index (κ1) is 17.7. The molecule has 2 rings (SSSR count). The average molecular weight is 337 g/mol. The van der Waals surface area contributed by atoms with Crippen molar-refractivity contribution in [2.75, 3.05) is 40.6 Å². The lowest BCUT2D eigenvalue weighted by atomic mass is 10.4. The molecule has 130 valence electrons. The van der Waals surface area contributed by atoms with Crippen molar-refractivity contribution in [3.8, 4) is 17.3 Å². The number of esters is 1. The van der Waals surface area contributed by atoms with Crippen LogP contribution in [-0.4, -0.2) is 66.5 Å². The van der Waals surface area contributed by atoms with Crippen LogP contribution >= 0.6 is 0 Å². The summed E-state index contributed by atoms with van der Waals surface area (Å²) in [4.78, 5) is 15.5. The van der Waals surface area contributed by atoms with Crippen LogP contribution in [0.25, 0.3) is 5.82 Å². The highest BCUT2D eigenvalue weighted by Crippen LogP contribution is 2.23. The number of hydrogen-bond acceptors (Lipinski definition) is 8. The average Bonchev–Trinajstić information content (AvgIpc) is 3.07. The number of ether oxygens (including phenoxy) is 4. The second kappa shape index (κ2) is 8.85. The largest absolute Gasteiger partial charge is 0.504 e. The zero-order chi connectivity index (χ0) is 17.4. The molecule has 0 saturated heterocycles. The predicted octanol–water partition coefficient (Wildman–Crippen LogP) is 0.801. The van der Waals surface area contributed by atoms with E-state index in [-0.39, 0.29) is 17.3 Å². The molecule has 0 aromatic carbocycles. The fourth-order valence-corrected chi connectivity index (χ4v) is 1.80. The number of methoxy groups -OCH3 is 2. The van der Waals surface area contributed by atoms with Gasteiger partial charge in [0.2, 0.25) is 0 Å². The highest BCUT2D eigenvalue weighted by atomic mass is 16.5. The molecule has 0 aliphatic rings. The third-order valence-electron chi connectivity index (χ3n) is 2.95. The van der Waals surface area contributed by atoms with Gasteiger partial charge in [0.05, 0.1) is 33.1 Å². The first-order valence-electron chi connectivity index (χ1n) is 7.18. The molecule has 1 N–H and O–H groups in total. The second-order valence-corrected chi connectivity index (χ2v) is 4.60. The lowest BCUT2D eigenvalue weighted by molar-refractivity contribution is 0.0543. The maximum absolute atomic E-state index is 11.4. The van der Waals surface area contributed by atoms with Crippen LogP contribution in [0.5, 0.6) is 11.5 Å². The van der Waals surface area contributed by atoms with Crippen LogP contribution in [0.4, 0.5) is 0 Å². The summed E-state index contributed by atoms with van der Waals surface area (Å²) in [6.45, 7) is 1.73. The van der Waals surface area contributed by atoms with E-state index in [4.69, 9.17) is 14.2 Å². The Hall–Kier alpha value is -2.65. The minimum absolute atomic E-state index is 0.118. The van der Waals surface area contributed by atoms with E-state index in [1.807, 2.05) is 0 Å². The van der Waals surface area contributed by atoms with E-state index in [0.717, 1.165) is 0 Å². The number of pyridine rings is 1. The molecule has 0 atom stereocenters. The molecule has 0 aliphatic carbocycles. The van der Waals surface area contributed by atoms with Crippen LogP contribution in [0.15, 0.2) is 24.5 Å². The molecule has 0 saturated carbocycles. The summed E-state index contributed by atoms with van der Waals surface area (Å²) in [7, 11) is 2.87. The summed E-state index contributed by atoms with van der Waals surface area (Å²) in [5, 5.41) is 14.0. The molecule has 0 amide bonds. The van der Waals surface area contributed by atoms with Crippen molar-refractivity contribution in [2.24, 2.45) is 0 Å². The third-order valence-corrected chi connectivity index (χ3v) is 2.95. The highest BCUT2D eigenvalue weighted by Gasteiger charge is 2.13. The van der Waals surface area contributed by atoms with E-state index in [1.165, 1.54) is 36.3 Å². The number of hydrogen-bond donors (Lipinski definition) is 1. The van der Waals surface area contributed by atoms with Crippen molar-refractivity contribution in [3.63, 3.8) is 0 Å². The molecule has 9 heteroatoms. The van der Waals surface area contributed by atoms with E-state index in [1.54, 1.807) is 7.11 Å². The topological polar surface area (TPSA) is 105 Å². The van der Waals surface area contributed by atoms with Gasteiger partial charge in [0.15, 0.2) is 17.3 Å². The summed E-state index contributed by atoms with van der Waals surface area (Å²) in [6.07, 6.45) is 2.95. The van der Waals surface area contributed by atoms with E-state index in [0.29, 0.717) is 32.2 Å². The van der Waals surface area contributed by atoms with Gasteiger partial charge in [-0.05, 0) is 6.07 Å². The molecule has 0 unspecified atom stereocenters. The summed E-state index contributed by atoms with van der Waals surface area (Å²) in [5.74, 6) is -0.130. The van der Waals surface area contributed by atoms with Crippen molar-refractivity contribution in [2.45, 2.75) is 0 Å². The fraction of sp³-hybridized carbons (Fsp3) is 0.400. The van der Waals surface area contributed by atoms with Crippen LogP contribution < -0.4 is 4.74 Å². The van der Waals surface area contributed by atoms with Crippen LogP contribution in [0, 0.1) is 0 Å². The number of carbonyl (C=O) groups is 1. The Balaban J connectivity index is 1.94. The van der Waals surface area contributed by atoms with Gasteiger partial charge in [0.1, 0.15) is 12.4 Å². The molecule has 0 aliphatic heterocycles. The van der Waals surface area contributed by atoms with Crippen molar-refractivity contribution in [1.82, 2.24) is 14.8 Å². The minimum atomic E-state index is -0.568. The van der Waals surface area contributed by atoms with Gasteiger partial charge in [-0.25, -0.2) is 14.5 Å². The van der Waals surface area contributed by atoms with Gasteiger partial charge in [-0.2, -0.15) is 5.10 Å². The Morgan fingerprint density at radius 1 is 1.25 bits per heavy atom. The van der Waals surface area contributed by atoms with Crippen molar-refractivity contribution < 1.29 is 28.8 Å². The monoisotopic (exact) mass is 337 g/mol. The number of aromatic nitrogens is 3. The van der Waals surface area contributed by atoms with E-state index < -0.39 is 5.97 Å². The fourth-order valence-electron chi connectivity index (χ4n) is 1.80. The zero-order valence-corrected chi connectivity index (χ0v) is 13.5. The normalized spacial score (nSPS) is 10.6. The van der Waals surface area contributed by atoms with Gasteiger partial charge < -0.3 is 24.1 Å². The maximum Gasteiger partial charge on any atom is 0.358 e. The molecule has 2 heterocycles. The van der Waals surface area contributed by atoms with Crippen molar-refractivity contribution in [1.29, 1.82) is 0 Å².